The van der Waals surface area contributed by atoms with Crippen LogP contribution in [0.4, 0.5) is 0 Å². The van der Waals surface area contributed by atoms with E-state index in [1.165, 1.54) is 0 Å². The second-order valence-corrected chi connectivity index (χ2v) is 3.55. The van der Waals surface area contributed by atoms with Crippen LogP contribution in [0.2, 0.25) is 0 Å². The van der Waals surface area contributed by atoms with Crippen LogP contribution in [0.25, 0.3) is 0 Å². The summed E-state index contributed by atoms with van der Waals surface area (Å²) in [6, 6.07) is -0.0946. The molecular weight excluding hydrogens is 178 g/mol. The third-order valence-electron chi connectivity index (χ3n) is 2.15. The molecule has 0 aliphatic carbocycles. The summed E-state index contributed by atoms with van der Waals surface area (Å²) in [6.07, 6.45) is 5.06. The molecule has 4 heteroatoms. The zero-order chi connectivity index (χ0) is 10.4. The van der Waals surface area contributed by atoms with E-state index >= 15 is 0 Å². The molecule has 1 rings (SSSR count). The van der Waals surface area contributed by atoms with E-state index in [-0.39, 0.29) is 6.04 Å². The Kier molecular flexibility index (Phi) is 4.59. The standard InChI is InChI=1S/C10H19N3O/c1-3-5-7-9-12-10(14-13-9)8(11)6-4-2/h8H,3-7,11H2,1-2H3/t8-/m1/s1. The molecule has 0 fully saturated rings. The second-order valence-electron chi connectivity index (χ2n) is 3.55. The number of aryl methyl sites for hydroxylation is 1. The van der Waals surface area contributed by atoms with Crippen LogP contribution in [0, 0.1) is 0 Å². The van der Waals surface area contributed by atoms with Crippen LogP contribution in [-0.4, -0.2) is 10.1 Å². The summed E-state index contributed by atoms with van der Waals surface area (Å²) in [5.74, 6) is 1.37. The molecule has 0 aromatic carbocycles. The van der Waals surface area contributed by atoms with Crippen molar-refractivity contribution in [2.24, 2.45) is 5.73 Å². The Morgan fingerprint density at radius 3 is 2.79 bits per heavy atom. The van der Waals surface area contributed by atoms with E-state index in [2.05, 4.69) is 24.0 Å². The molecule has 0 unspecified atom stereocenters. The molecule has 0 aliphatic rings. The summed E-state index contributed by atoms with van der Waals surface area (Å²) in [6.45, 7) is 4.23. The molecule has 80 valence electrons. The molecule has 0 radical (unpaired) electrons. The number of aromatic nitrogens is 2. The normalized spacial score (nSPS) is 13.1. The van der Waals surface area contributed by atoms with E-state index in [1.54, 1.807) is 0 Å². The molecule has 1 atom stereocenters. The number of nitrogens with zero attached hydrogens (tertiary/aromatic N) is 2. The van der Waals surface area contributed by atoms with Crippen molar-refractivity contribution in [3.63, 3.8) is 0 Å². The van der Waals surface area contributed by atoms with Crippen molar-refractivity contribution >= 4 is 0 Å². The lowest BCUT2D eigenvalue weighted by atomic mass is 10.2. The molecule has 1 aromatic rings. The Labute approximate surface area is 84.9 Å². The first kappa shape index (κ1) is 11.2. The average molecular weight is 197 g/mol. The topological polar surface area (TPSA) is 64.9 Å². The van der Waals surface area contributed by atoms with Crippen molar-refractivity contribution in [2.75, 3.05) is 0 Å². The quantitative estimate of drug-likeness (QED) is 0.759. The van der Waals surface area contributed by atoms with Gasteiger partial charge in [0.2, 0.25) is 5.89 Å². The van der Waals surface area contributed by atoms with Crippen LogP contribution in [-0.2, 0) is 6.42 Å². The lowest BCUT2D eigenvalue weighted by Crippen LogP contribution is -2.10. The molecule has 0 saturated heterocycles. The fourth-order valence-electron chi connectivity index (χ4n) is 1.29. The molecule has 14 heavy (non-hydrogen) atoms. The molecule has 0 amide bonds. The molecule has 0 spiro atoms. The van der Waals surface area contributed by atoms with Gasteiger partial charge in [-0.2, -0.15) is 4.98 Å². The number of unbranched alkanes of at least 4 members (excludes halogenated alkanes) is 1. The fraction of sp³-hybridized carbons (Fsp3) is 0.800. The van der Waals surface area contributed by atoms with Gasteiger partial charge in [0.15, 0.2) is 5.82 Å². The first-order valence-corrected chi connectivity index (χ1v) is 5.36. The first-order valence-electron chi connectivity index (χ1n) is 5.36. The summed E-state index contributed by atoms with van der Waals surface area (Å²) in [4.78, 5) is 4.26. The number of hydrogen-bond acceptors (Lipinski definition) is 4. The maximum atomic E-state index is 5.85. The van der Waals surface area contributed by atoms with E-state index in [4.69, 9.17) is 10.3 Å². The number of rotatable bonds is 6. The highest BCUT2D eigenvalue weighted by atomic mass is 16.5. The van der Waals surface area contributed by atoms with Gasteiger partial charge in [-0.05, 0) is 12.8 Å². The van der Waals surface area contributed by atoms with Crippen molar-refractivity contribution in [1.29, 1.82) is 0 Å². The van der Waals surface area contributed by atoms with Crippen LogP contribution >= 0.6 is 0 Å². The highest BCUT2D eigenvalue weighted by molar-refractivity contribution is 4.91. The number of hydrogen-bond donors (Lipinski definition) is 1. The van der Waals surface area contributed by atoms with E-state index in [9.17, 15) is 0 Å². The van der Waals surface area contributed by atoms with Gasteiger partial charge in [0.25, 0.3) is 0 Å². The van der Waals surface area contributed by atoms with Gasteiger partial charge in [0, 0.05) is 6.42 Å². The minimum atomic E-state index is -0.0946. The third-order valence-corrected chi connectivity index (χ3v) is 2.15. The second kappa shape index (κ2) is 5.75. The van der Waals surface area contributed by atoms with Gasteiger partial charge < -0.3 is 10.3 Å². The molecule has 1 aromatic heterocycles. The van der Waals surface area contributed by atoms with Crippen molar-refractivity contribution in [1.82, 2.24) is 10.1 Å². The van der Waals surface area contributed by atoms with E-state index in [0.717, 1.165) is 37.9 Å². The lowest BCUT2D eigenvalue weighted by Gasteiger charge is -2.01. The monoisotopic (exact) mass is 197 g/mol. The Morgan fingerprint density at radius 2 is 2.14 bits per heavy atom. The van der Waals surface area contributed by atoms with Crippen LogP contribution in [0.15, 0.2) is 4.52 Å². The van der Waals surface area contributed by atoms with Crippen LogP contribution < -0.4 is 5.73 Å². The zero-order valence-corrected chi connectivity index (χ0v) is 8.99. The largest absolute Gasteiger partial charge is 0.338 e. The van der Waals surface area contributed by atoms with Gasteiger partial charge in [0.1, 0.15) is 0 Å². The van der Waals surface area contributed by atoms with E-state index < -0.39 is 0 Å². The van der Waals surface area contributed by atoms with Gasteiger partial charge in [-0.15, -0.1) is 0 Å². The summed E-state index contributed by atoms with van der Waals surface area (Å²) >= 11 is 0. The van der Waals surface area contributed by atoms with Gasteiger partial charge in [-0.25, -0.2) is 0 Å². The first-order chi connectivity index (χ1) is 6.77. The predicted octanol–water partition coefficient (Wildman–Crippen LogP) is 2.21. The van der Waals surface area contributed by atoms with Crippen molar-refractivity contribution in [3.8, 4) is 0 Å². The summed E-state index contributed by atoms with van der Waals surface area (Å²) < 4.78 is 5.09. The minimum Gasteiger partial charge on any atom is -0.338 e. The Hall–Kier alpha value is -0.900. The van der Waals surface area contributed by atoms with E-state index in [1.807, 2.05) is 0 Å². The molecule has 0 saturated carbocycles. The molecule has 0 aliphatic heterocycles. The molecule has 4 nitrogen and oxygen atoms in total. The van der Waals surface area contributed by atoms with Crippen LogP contribution in [0.3, 0.4) is 0 Å². The van der Waals surface area contributed by atoms with Crippen molar-refractivity contribution in [2.45, 2.75) is 52.0 Å². The van der Waals surface area contributed by atoms with Crippen LogP contribution in [0.5, 0.6) is 0 Å². The molecular formula is C10H19N3O. The van der Waals surface area contributed by atoms with Crippen LogP contribution in [0.1, 0.15) is 57.3 Å². The lowest BCUT2D eigenvalue weighted by molar-refractivity contribution is 0.344. The zero-order valence-electron chi connectivity index (χ0n) is 8.99. The maximum absolute atomic E-state index is 5.85. The van der Waals surface area contributed by atoms with Crippen molar-refractivity contribution < 1.29 is 4.52 Å². The Balaban J connectivity index is 2.49. The van der Waals surface area contributed by atoms with Gasteiger partial charge in [0.05, 0.1) is 6.04 Å². The third kappa shape index (κ3) is 3.10. The highest BCUT2D eigenvalue weighted by Gasteiger charge is 2.13. The summed E-state index contributed by atoms with van der Waals surface area (Å²) in [5.41, 5.74) is 5.85. The summed E-state index contributed by atoms with van der Waals surface area (Å²) in [5, 5.41) is 3.89. The molecule has 0 bridgehead atoms. The highest BCUT2D eigenvalue weighted by Crippen LogP contribution is 2.13. The summed E-state index contributed by atoms with van der Waals surface area (Å²) in [7, 11) is 0. The Bertz CT molecular complexity index is 260. The smallest absolute Gasteiger partial charge is 0.243 e. The van der Waals surface area contributed by atoms with Crippen molar-refractivity contribution in [3.05, 3.63) is 11.7 Å². The Morgan fingerprint density at radius 1 is 1.36 bits per heavy atom. The maximum Gasteiger partial charge on any atom is 0.243 e. The predicted molar refractivity (Wildman–Crippen MR) is 54.7 cm³/mol. The van der Waals surface area contributed by atoms with E-state index in [0.29, 0.717) is 5.89 Å². The fourth-order valence-corrected chi connectivity index (χ4v) is 1.29. The SMILES string of the molecule is CCCCc1noc([C@H](N)CCC)n1. The van der Waals surface area contributed by atoms with Gasteiger partial charge >= 0.3 is 0 Å². The minimum absolute atomic E-state index is 0.0946. The molecule has 1 heterocycles. The molecule has 2 N–H and O–H groups in total. The number of nitrogens with two attached hydrogens (primary N) is 1. The average Bonchev–Trinajstić information content (AvgIpc) is 2.63. The van der Waals surface area contributed by atoms with Gasteiger partial charge in [-0.1, -0.05) is 31.8 Å². The van der Waals surface area contributed by atoms with Gasteiger partial charge in [-0.3, -0.25) is 0 Å².